The molecule has 1 radical (unpaired) electrons. The van der Waals surface area contributed by atoms with Gasteiger partial charge in [0.1, 0.15) is 0 Å². The molecule has 1 aliphatic rings. The monoisotopic (exact) mass is 167 g/mol. The van der Waals surface area contributed by atoms with Gasteiger partial charge in [-0.25, -0.2) is 0 Å². The Bertz CT molecular complexity index is 318. The van der Waals surface area contributed by atoms with Crippen molar-refractivity contribution >= 4 is 16.7 Å². The van der Waals surface area contributed by atoms with Crippen LogP contribution in [-0.4, -0.2) is 9.11 Å². The lowest BCUT2D eigenvalue weighted by molar-refractivity contribution is 0.499. The molecule has 1 heterocycles. The fourth-order valence-corrected chi connectivity index (χ4v) is 2.21. The summed E-state index contributed by atoms with van der Waals surface area (Å²) in [6.07, 6.45) is 1.62. The zero-order chi connectivity index (χ0) is 7.90. The van der Waals surface area contributed by atoms with Gasteiger partial charge in [-0.05, 0) is 17.7 Å². The number of hydrogen-bond donors (Lipinski definition) is 2. The third-order valence-corrected chi connectivity index (χ3v) is 3.04. The van der Waals surface area contributed by atoms with Crippen molar-refractivity contribution < 1.29 is 9.11 Å². The van der Waals surface area contributed by atoms with E-state index in [2.05, 4.69) is 5.41 Å². The van der Waals surface area contributed by atoms with Crippen LogP contribution in [0.1, 0.15) is 5.56 Å². The summed E-state index contributed by atoms with van der Waals surface area (Å²) < 4.78 is 18.7. The zero-order valence-corrected chi connectivity index (χ0v) is 6.51. The minimum atomic E-state index is -2.71. The minimum Gasteiger partial charge on any atom is -0.290 e. The highest BCUT2D eigenvalue weighted by Crippen LogP contribution is 2.54. The van der Waals surface area contributed by atoms with Crippen LogP contribution in [0.25, 0.3) is 6.08 Å². The molecule has 2 N–H and O–H groups in total. The van der Waals surface area contributed by atoms with Crippen LogP contribution in [-0.2, 0) is 0 Å². The second-order valence-corrected chi connectivity index (χ2v) is 4.12. The Balaban J connectivity index is 2.64. The van der Waals surface area contributed by atoms with Crippen LogP contribution in [0.2, 0.25) is 0 Å². The van der Waals surface area contributed by atoms with Gasteiger partial charge in [-0.2, -0.15) is 0 Å². The summed E-state index contributed by atoms with van der Waals surface area (Å²) in [4.78, 5) is 0.583. The predicted molar refractivity (Wildman–Crippen MR) is 45.3 cm³/mol. The summed E-state index contributed by atoms with van der Waals surface area (Å²) in [5.41, 5.74) is 0.854. The van der Waals surface area contributed by atoms with E-state index in [4.69, 9.17) is 0 Å². The van der Waals surface area contributed by atoms with Crippen molar-refractivity contribution in [3.05, 3.63) is 35.2 Å². The van der Waals surface area contributed by atoms with Gasteiger partial charge in [0, 0.05) is 0 Å². The molecule has 0 saturated heterocycles. The Morgan fingerprint density at radius 3 is 2.64 bits per heavy atom. The third kappa shape index (κ3) is 0.976. The summed E-state index contributed by atoms with van der Waals surface area (Å²) in [6.45, 7) is 0. The van der Waals surface area contributed by atoms with E-state index in [0.717, 1.165) is 5.56 Å². The maximum atomic E-state index is 9.34. The van der Waals surface area contributed by atoms with Gasteiger partial charge in [0.25, 0.3) is 0 Å². The van der Waals surface area contributed by atoms with E-state index in [0.29, 0.717) is 4.90 Å². The molecular weight excluding hydrogens is 160 g/mol. The lowest BCUT2D eigenvalue weighted by atomic mass is 10.2. The number of fused-ring (bicyclic) bond motifs is 1. The van der Waals surface area contributed by atoms with Crippen molar-refractivity contribution in [3.63, 3.8) is 0 Å². The van der Waals surface area contributed by atoms with Crippen LogP contribution in [0.4, 0.5) is 0 Å². The lowest BCUT2D eigenvalue weighted by Gasteiger charge is -2.24. The topological polar surface area (TPSA) is 40.5 Å². The smallest absolute Gasteiger partial charge is 0.0878 e. The molecule has 0 unspecified atom stereocenters. The molecule has 57 valence electrons. The molecule has 11 heavy (non-hydrogen) atoms. The van der Waals surface area contributed by atoms with E-state index in [9.17, 15) is 9.11 Å². The summed E-state index contributed by atoms with van der Waals surface area (Å²) in [5, 5.41) is 2.53. The third-order valence-electron chi connectivity index (χ3n) is 1.60. The molecule has 1 aromatic carbocycles. The van der Waals surface area contributed by atoms with E-state index >= 15 is 0 Å². The van der Waals surface area contributed by atoms with Crippen LogP contribution in [0, 0.1) is 5.41 Å². The average molecular weight is 167 g/mol. The molecule has 0 bridgehead atoms. The Labute approximate surface area is 66.5 Å². The first kappa shape index (κ1) is 6.91. The van der Waals surface area contributed by atoms with Crippen molar-refractivity contribution in [1.29, 1.82) is 0 Å². The Morgan fingerprint density at radius 2 is 1.91 bits per heavy atom. The molecule has 2 rings (SSSR count). The molecule has 0 amide bonds. The molecule has 1 aliphatic heterocycles. The Kier molecular flexibility index (Phi) is 1.32. The first-order chi connectivity index (χ1) is 5.20. The van der Waals surface area contributed by atoms with Crippen LogP contribution in [0.15, 0.2) is 29.2 Å². The molecule has 1 aromatic rings. The van der Waals surface area contributed by atoms with Crippen LogP contribution in [0.5, 0.6) is 0 Å². The molecule has 0 aliphatic carbocycles. The Hall–Kier alpha value is -0.770. The van der Waals surface area contributed by atoms with Gasteiger partial charge in [0.05, 0.1) is 10.3 Å². The zero-order valence-electron chi connectivity index (χ0n) is 5.69. The van der Waals surface area contributed by atoms with Gasteiger partial charge in [0.2, 0.25) is 0 Å². The van der Waals surface area contributed by atoms with Crippen LogP contribution in [0.3, 0.4) is 0 Å². The molecule has 0 fully saturated rings. The van der Waals surface area contributed by atoms with Crippen LogP contribution < -0.4 is 0 Å². The van der Waals surface area contributed by atoms with Crippen molar-refractivity contribution in [2.24, 2.45) is 0 Å². The summed E-state index contributed by atoms with van der Waals surface area (Å²) in [5.74, 6) is 0. The van der Waals surface area contributed by atoms with E-state index in [1.54, 1.807) is 18.2 Å². The van der Waals surface area contributed by atoms with Crippen molar-refractivity contribution in [2.45, 2.75) is 4.90 Å². The van der Waals surface area contributed by atoms with Gasteiger partial charge < -0.3 is 0 Å². The SMILES string of the molecule is OS1(O)[C]=Cc2ccccc21. The maximum absolute atomic E-state index is 9.34. The van der Waals surface area contributed by atoms with Gasteiger partial charge in [-0.1, -0.05) is 18.2 Å². The van der Waals surface area contributed by atoms with E-state index in [1.807, 2.05) is 12.1 Å². The first-order valence-corrected chi connectivity index (χ1v) is 4.72. The molecule has 2 nitrogen and oxygen atoms in total. The van der Waals surface area contributed by atoms with E-state index < -0.39 is 10.6 Å². The normalized spacial score (nSPS) is 21.3. The molecule has 0 atom stereocenters. The quantitative estimate of drug-likeness (QED) is 0.623. The highest BCUT2D eigenvalue weighted by atomic mass is 32.3. The van der Waals surface area contributed by atoms with Crippen LogP contribution >= 0.6 is 10.6 Å². The number of benzene rings is 1. The fourth-order valence-electron chi connectivity index (χ4n) is 1.07. The highest BCUT2D eigenvalue weighted by molar-refractivity contribution is 8.26. The predicted octanol–water partition coefficient (Wildman–Crippen LogP) is 2.58. The van der Waals surface area contributed by atoms with E-state index in [-0.39, 0.29) is 0 Å². The van der Waals surface area contributed by atoms with Gasteiger partial charge in [-0.15, -0.1) is 10.6 Å². The molecule has 0 aromatic heterocycles. The standard InChI is InChI=1S/C8H7O2S/c9-11(10)6-5-7-3-1-2-4-8(7)11/h1-5,9-10H. The van der Waals surface area contributed by atoms with Gasteiger partial charge >= 0.3 is 0 Å². The highest BCUT2D eigenvalue weighted by Gasteiger charge is 2.20. The minimum absolute atomic E-state index is 0.583. The average Bonchev–Trinajstić information content (AvgIpc) is 2.29. The second-order valence-electron chi connectivity index (χ2n) is 2.35. The van der Waals surface area contributed by atoms with Crippen molar-refractivity contribution in [2.75, 3.05) is 0 Å². The van der Waals surface area contributed by atoms with Crippen molar-refractivity contribution in [1.82, 2.24) is 0 Å². The lowest BCUT2D eigenvalue weighted by Crippen LogP contribution is -1.90. The van der Waals surface area contributed by atoms with Crippen molar-refractivity contribution in [3.8, 4) is 0 Å². The summed E-state index contributed by atoms with van der Waals surface area (Å²) >= 11 is 0. The molecule has 0 spiro atoms. The maximum Gasteiger partial charge on any atom is 0.0878 e. The first-order valence-electron chi connectivity index (χ1n) is 3.18. The summed E-state index contributed by atoms with van der Waals surface area (Å²) in [6, 6.07) is 7.19. The number of hydrogen-bond acceptors (Lipinski definition) is 2. The second kappa shape index (κ2) is 2.11. The molecule has 0 saturated carbocycles. The molecular formula is C8H7O2S. The van der Waals surface area contributed by atoms with Gasteiger partial charge in [0.15, 0.2) is 0 Å². The summed E-state index contributed by atoms with van der Waals surface area (Å²) in [7, 11) is -2.71. The fraction of sp³-hybridized carbons (Fsp3) is 0. The number of rotatable bonds is 0. The van der Waals surface area contributed by atoms with E-state index in [1.165, 1.54) is 0 Å². The largest absolute Gasteiger partial charge is 0.290 e. The Morgan fingerprint density at radius 1 is 1.18 bits per heavy atom. The molecule has 3 heteroatoms. The van der Waals surface area contributed by atoms with Gasteiger partial charge in [-0.3, -0.25) is 9.11 Å².